The van der Waals surface area contributed by atoms with Crippen LogP contribution < -0.4 is 4.74 Å². The number of rotatable bonds is 6. The summed E-state index contributed by atoms with van der Waals surface area (Å²) in [5.74, 6) is 1.02. The molecule has 0 amide bonds. The second-order valence-electron chi connectivity index (χ2n) is 7.39. The van der Waals surface area contributed by atoms with Gasteiger partial charge in [0.15, 0.2) is 0 Å². The number of hydrogen-bond donors (Lipinski definition) is 0. The average molecular weight is 405 g/mol. The van der Waals surface area contributed by atoms with Crippen LogP contribution in [0.1, 0.15) is 26.3 Å². The van der Waals surface area contributed by atoms with Crippen molar-refractivity contribution in [1.29, 1.82) is 0 Å². The Morgan fingerprint density at radius 2 is 1.67 bits per heavy atom. The first-order chi connectivity index (χ1) is 12.8. The Bertz CT molecular complexity index is 855. The van der Waals surface area contributed by atoms with Crippen molar-refractivity contribution in [2.45, 2.75) is 27.4 Å². The van der Waals surface area contributed by atoms with Gasteiger partial charge in [0.1, 0.15) is 22.6 Å². The molecule has 1 fully saturated rings. The predicted octanol–water partition coefficient (Wildman–Crippen LogP) is 6.50. The van der Waals surface area contributed by atoms with Gasteiger partial charge in [-0.1, -0.05) is 67.4 Å². The molecule has 0 N–H and O–H groups in total. The first-order valence-electron chi connectivity index (χ1n) is 8.81. The molecule has 0 heterocycles. The van der Waals surface area contributed by atoms with Crippen LogP contribution in [-0.2, 0) is 16.1 Å². The van der Waals surface area contributed by atoms with Crippen LogP contribution in [0.25, 0.3) is 0 Å². The Labute approximate surface area is 169 Å². The lowest BCUT2D eigenvalue weighted by molar-refractivity contribution is -0.147. The molecule has 0 saturated heterocycles. The number of carbonyl (C=O) groups is 1. The van der Waals surface area contributed by atoms with Gasteiger partial charge >= 0.3 is 5.97 Å². The minimum Gasteiger partial charge on any atom is -0.461 e. The van der Waals surface area contributed by atoms with Gasteiger partial charge in [-0.05, 0) is 47.7 Å². The van der Waals surface area contributed by atoms with Gasteiger partial charge in [-0.15, -0.1) is 0 Å². The highest BCUT2D eigenvalue weighted by molar-refractivity contribution is 6.56. The summed E-state index contributed by atoms with van der Waals surface area (Å²) in [4.78, 5) is 12.5. The van der Waals surface area contributed by atoms with Crippen LogP contribution in [0.15, 0.2) is 64.7 Å². The Kier molecular flexibility index (Phi) is 5.83. The Balaban J connectivity index is 1.61. The Morgan fingerprint density at radius 3 is 2.33 bits per heavy atom. The topological polar surface area (TPSA) is 35.5 Å². The van der Waals surface area contributed by atoms with Crippen molar-refractivity contribution in [3.05, 3.63) is 70.2 Å². The van der Waals surface area contributed by atoms with Crippen molar-refractivity contribution < 1.29 is 14.3 Å². The van der Waals surface area contributed by atoms with E-state index in [1.165, 1.54) is 0 Å². The summed E-state index contributed by atoms with van der Waals surface area (Å²) >= 11 is 11.8. The van der Waals surface area contributed by atoms with Gasteiger partial charge in [0, 0.05) is 5.92 Å². The molecular formula is C22H22Cl2O3. The van der Waals surface area contributed by atoms with E-state index >= 15 is 0 Å². The molecule has 3 nitrogen and oxygen atoms in total. The van der Waals surface area contributed by atoms with Crippen LogP contribution >= 0.6 is 23.2 Å². The number of para-hydroxylation sites is 1. The quantitative estimate of drug-likeness (QED) is 0.515. The normalized spacial score (nSPS) is 19.9. The maximum Gasteiger partial charge on any atom is 0.310 e. The van der Waals surface area contributed by atoms with Crippen molar-refractivity contribution in [3.8, 4) is 11.5 Å². The summed E-state index contributed by atoms with van der Waals surface area (Å²) in [6.45, 7) is 6.11. The molecule has 2 aromatic carbocycles. The molecule has 1 aliphatic carbocycles. The number of ether oxygens (including phenoxy) is 2. The van der Waals surface area contributed by atoms with Gasteiger partial charge in [-0.25, -0.2) is 0 Å². The van der Waals surface area contributed by atoms with E-state index in [1.807, 2.05) is 75.4 Å². The van der Waals surface area contributed by atoms with Crippen molar-refractivity contribution >= 4 is 29.2 Å². The largest absolute Gasteiger partial charge is 0.461 e. The van der Waals surface area contributed by atoms with E-state index in [1.54, 1.807) is 0 Å². The summed E-state index contributed by atoms with van der Waals surface area (Å²) in [5.41, 5.74) is 1.51. The fourth-order valence-electron chi connectivity index (χ4n) is 3.57. The van der Waals surface area contributed by atoms with Crippen LogP contribution in [-0.4, -0.2) is 5.97 Å². The Morgan fingerprint density at radius 1 is 1.00 bits per heavy atom. The molecule has 0 spiro atoms. The van der Waals surface area contributed by atoms with E-state index in [-0.39, 0.29) is 34.3 Å². The third-order valence-corrected chi connectivity index (χ3v) is 5.70. The molecule has 27 heavy (non-hydrogen) atoms. The molecule has 3 rings (SSSR count). The highest BCUT2D eigenvalue weighted by Crippen LogP contribution is 2.63. The lowest BCUT2D eigenvalue weighted by Crippen LogP contribution is -2.10. The average Bonchev–Trinajstić information content (AvgIpc) is 3.22. The van der Waals surface area contributed by atoms with Gasteiger partial charge in [-0.2, -0.15) is 0 Å². The van der Waals surface area contributed by atoms with E-state index in [2.05, 4.69) is 0 Å². The van der Waals surface area contributed by atoms with E-state index in [4.69, 9.17) is 32.7 Å². The van der Waals surface area contributed by atoms with Gasteiger partial charge in [0.2, 0.25) is 0 Å². The third kappa shape index (κ3) is 4.48. The van der Waals surface area contributed by atoms with Crippen molar-refractivity contribution in [1.82, 2.24) is 0 Å². The molecule has 0 bridgehead atoms. The lowest BCUT2D eigenvalue weighted by Gasteiger charge is -2.09. The summed E-state index contributed by atoms with van der Waals surface area (Å²) in [6, 6.07) is 17.1. The number of carbonyl (C=O) groups excluding carboxylic acids is 1. The smallest absolute Gasteiger partial charge is 0.310 e. The molecule has 5 heteroatoms. The van der Waals surface area contributed by atoms with Crippen molar-refractivity contribution in [3.63, 3.8) is 0 Å². The van der Waals surface area contributed by atoms with Crippen LogP contribution in [0.5, 0.6) is 11.5 Å². The first-order valence-corrected chi connectivity index (χ1v) is 9.56. The second-order valence-corrected chi connectivity index (χ2v) is 8.34. The van der Waals surface area contributed by atoms with Gasteiger partial charge < -0.3 is 9.47 Å². The zero-order valence-corrected chi connectivity index (χ0v) is 17.1. The third-order valence-electron chi connectivity index (χ3n) is 5.10. The molecule has 2 atom stereocenters. The molecule has 2 aromatic rings. The number of hydrogen-bond acceptors (Lipinski definition) is 3. The fourth-order valence-corrected chi connectivity index (χ4v) is 3.81. The fraction of sp³-hybridized carbons (Fsp3) is 0.318. The summed E-state index contributed by atoms with van der Waals surface area (Å²) in [7, 11) is 0. The molecule has 142 valence electrons. The second kappa shape index (κ2) is 7.95. The van der Waals surface area contributed by atoms with Crippen LogP contribution in [0.3, 0.4) is 0 Å². The molecule has 0 radical (unpaired) electrons. The summed E-state index contributed by atoms with van der Waals surface area (Å²) in [5, 5.41) is 0. The Hall–Kier alpha value is -1.97. The summed E-state index contributed by atoms with van der Waals surface area (Å²) < 4.78 is 11.6. The molecule has 0 aliphatic heterocycles. The van der Waals surface area contributed by atoms with E-state index < -0.39 is 0 Å². The predicted molar refractivity (Wildman–Crippen MR) is 108 cm³/mol. The van der Waals surface area contributed by atoms with Gasteiger partial charge in [0.25, 0.3) is 0 Å². The van der Waals surface area contributed by atoms with Crippen molar-refractivity contribution in [2.75, 3.05) is 0 Å². The minimum absolute atomic E-state index is 0.0164. The monoisotopic (exact) mass is 404 g/mol. The zero-order valence-electron chi connectivity index (χ0n) is 15.5. The standard InChI is InChI=1S/C22H22Cl2O3/c1-14(20(23)24)18-19(22(18,2)3)21(25)26-13-15-8-7-11-17(12-15)27-16-9-5-4-6-10-16/h4-12,18-19H,13H2,1-3H3/t18-,19+/m1/s1. The SMILES string of the molecule is CC(=C(Cl)Cl)[C@@H]1[C@@H](C(=O)OCc2cccc(Oc3ccccc3)c2)C1(C)C. The number of allylic oxidation sites excluding steroid dienone is 1. The highest BCUT2D eigenvalue weighted by atomic mass is 35.5. The number of esters is 1. The first kappa shape index (κ1) is 19.8. The molecule has 0 unspecified atom stereocenters. The van der Waals surface area contributed by atoms with Crippen LogP contribution in [0.4, 0.5) is 0 Å². The maximum atomic E-state index is 12.5. The maximum absolute atomic E-state index is 12.5. The molecule has 0 aromatic heterocycles. The zero-order chi connectivity index (χ0) is 19.6. The molecule has 1 aliphatic rings. The van der Waals surface area contributed by atoms with Crippen LogP contribution in [0, 0.1) is 17.3 Å². The van der Waals surface area contributed by atoms with Gasteiger partial charge in [0.05, 0.1) is 5.92 Å². The lowest BCUT2D eigenvalue weighted by atomic mass is 10.1. The number of benzene rings is 2. The molecular weight excluding hydrogens is 383 g/mol. The summed E-state index contributed by atoms with van der Waals surface area (Å²) in [6.07, 6.45) is 0. The van der Waals surface area contributed by atoms with E-state index in [0.717, 1.165) is 16.9 Å². The highest BCUT2D eigenvalue weighted by Gasteiger charge is 2.63. The van der Waals surface area contributed by atoms with Gasteiger partial charge in [-0.3, -0.25) is 4.79 Å². The number of halogens is 2. The minimum atomic E-state index is -0.228. The molecule has 1 saturated carbocycles. The van der Waals surface area contributed by atoms with Crippen LogP contribution in [0.2, 0.25) is 0 Å². The van der Waals surface area contributed by atoms with E-state index in [9.17, 15) is 4.79 Å². The van der Waals surface area contributed by atoms with E-state index in [0.29, 0.717) is 5.75 Å². The van der Waals surface area contributed by atoms with Crippen molar-refractivity contribution in [2.24, 2.45) is 17.3 Å².